The van der Waals surface area contributed by atoms with Gasteiger partial charge in [0.2, 0.25) is 11.7 Å². The standard InChI is InChI=1S/C36H35N3O7S/c1-2-45-34(43)36(20-47-32-29(36)30(40)25-15-7-8-16-26(25)31(32)41)39-33(42)28(17-9-10-18-37)38-35(44)46-19-27-23-13-5-3-11-21(23)22-12-4-6-14-24(22)27/h3-8,11-16,27-28H,2,9-10,17-20,37H2,1H3,(H,38,44)(H,39,42)/t28-,36?/m0/s1. The summed E-state index contributed by atoms with van der Waals surface area (Å²) in [5, 5.41) is 5.42. The van der Waals surface area contributed by atoms with Crippen LogP contribution in [0, 0.1) is 0 Å². The number of ketones is 2. The Hall–Kier alpha value is -4.74. The zero-order valence-electron chi connectivity index (χ0n) is 25.9. The van der Waals surface area contributed by atoms with Gasteiger partial charge in [0.05, 0.1) is 17.1 Å². The molecule has 2 aliphatic carbocycles. The Morgan fingerprint density at radius 1 is 0.872 bits per heavy atom. The largest absolute Gasteiger partial charge is 0.464 e. The summed E-state index contributed by atoms with van der Waals surface area (Å²) in [6.45, 7) is 2.03. The van der Waals surface area contributed by atoms with E-state index < -0.39 is 41.1 Å². The van der Waals surface area contributed by atoms with Crippen molar-refractivity contribution in [1.82, 2.24) is 10.6 Å². The van der Waals surface area contributed by atoms with Crippen molar-refractivity contribution in [2.75, 3.05) is 25.5 Å². The molecule has 0 bridgehead atoms. The lowest BCUT2D eigenvalue weighted by Gasteiger charge is -2.32. The summed E-state index contributed by atoms with van der Waals surface area (Å²) in [5.74, 6) is -2.78. The van der Waals surface area contributed by atoms with Gasteiger partial charge in [-0.25, -0.2) is 9.59 Å². The number of benzene rings is 3. The van der Waals surface area contributed by atoms with Gasteiger partial charge in [-0.15, -0.1) is 11.8 Å². The first-order valence-corrected chi connectivity index (χ1v) is 16.7. The molecule has 2 amide bonds. The Balaban J connectivity index is 1.23. The number of hydrogen-bond donors (Lipinski definition) is 3. The van der Waals surface area contributed by atoms with Crippen molar-refractivity contribution >= 4 is 41.3 Å². The van der Waals surface area contributed by atoms with Crippen molar-refractivity contribution in [2.24, 2.45) is 5.73 Å². The molecule has 1 heterocycles. The average Bonchev–Trinajstić information content (AvgIpc) is 3.63. The first kappa shape index (κ1) is 32.2. The number of nitrogens with two attached hydrogens (primary N) is 1. The van der Waals surface area contributed by atoms with Gasteiger partial charge in [0.25, 0.3) is 0 Å². The molecular weight excluding hydrogens is 618 g/mol. The molecule has 3 aromatic carbocycles. The number of unbranched alkanes of at least 4 members (excludes halogenated alkanes) is 1. The van der Waals surface area contributed by atoms with Gasteiger partial charge in [-0.05, 0) is 55.0 Å². The number of thioether (sulfide) groups is 1. The van der Waals surface area contributed by atoms with Gasteiger partial charge in [-0.2, -0.15) is 0 Å². The van der Waals surface area contributed by atoms with Gasteiger partial charge in [-0.3, -0.25) is 14.4 Å². The quantitative estimate of drug-likeness (QED) is 0.200. The van der Waals surface area contributed by atoms with Crippen LogP contribution in [-0.2, 0) is 19.1 Å². The minimum absolute atomic E-state index is 0.0135. The van der Waals surface area contributed by atoms with Crippen LogP contribution >= 0.6 is 11.8 Å². The van der Waals surface area contributed by atoms with E-state index in [1.54, 1.807) is 25.1 Å². The van der Waals surface area contributed by atoms with Crippen LogP contribution in [0.15, 0.2) is 83.3 Å². The number of ether oxygens (including phenoxy) is 2. The number of fused-ring (bicyclic) bond motifs is 4. The van der Waals surface area contributed by atoms with E-state index in [-0.39, 0.29) is 52.9 Å². The van der Waals surface area contributed by atoms with E-state index in [0.717, 1.165) is 34.0 Å². The van der Waals surface area contributed by atoms with E-state index in [1.807, 2.05) is 48.5 Å². The number of hydrogen-bond acceptors (Lipinski definition) is 9. The molecule has 0 saturated heterocycles. The second-order valence-electron chi connectivity index (χ2n) is 11.6. The highest BCUT2D eigenvalue weighted by atomic mass is 32.2. The molecule has 3 aromatic rings. The highest BCUT2D eigenvalue weighted by molar-refractivity contribution is 8.04. The van der Waals surface area contributed by atoms with E-state index in [9.17, 15) is 24.0 Å². The second kappa shape index (κ2) is 13.5. The Labute approximate surface area is 276 Å². The topological polar surface area (TPSA) is 154 Å². The maximum Gasteiger partial charge on any atom is 0.407 e. The predicted molar refractivity (Wildman–Crippen MR) is 177 cm³/mol. The number of amides is 2. The Kier molecular flexibility index (Phi) is 9.28. The molecule has 4 N–H and O–H groups in total. The summed E-state index contributed by atoms with van der Waals surface area (Å²) >= 11 is 1.03. The molecule has 0 radical (unpaired) electrons. The number of carbonyl (C=O) groups excluding carboxylic acids is 5. The van der Waals surface area contributed by atoms with Crippen molar-refractivity contribution in [3.63, 3.8) is 0 Å². The Bertz CT molecular complexity index is 1760. The van der Waals surface area contributed by atoms with Gasteiger partial charge in [0.15, 0.2) is 11.3 Å². The highest BCUT2D eigenvalue weighted by Gasteiger charge is 2.56. The molecule has 2 atom stereocenters. The molecule has 0 spiro atoms. The molecule has 6 rings (SSSR count). The summed E-state index contributed by atoms with van der Waals surface area (Å²) in [7, 11) is 0. The summed E-state index contributed by atoms with van der Waals surface area (Å²) < 4.78 is 11.1. The lowest BCUT2D eigenvalue weighted by molar-refractivity contribution is -0.150. The molecule has 1 unspecified atom stereocenters. The van der Waals surface area contributed by atoms with E-state index in [0.29, 0.717) is 19.4 Å². The maximum absolute atomic E-state index is 14.0. The molecular formula is C36H35N3O7S. The first-order valence-electron chi connectivity index (χ1n) is 15.7. The van der Waals surface area contributed by atoms with Crippen LogP contribution in [0.5, 0.6) is 0 Å². The summed E-state index contributed by atoms with van der Waals surface area (Å²) in [6, 6.07) is 21.2. The van der Waals surface area contributed by atoms with Crippen LogP contribution in [-0.4, -0.2) is 66.6 Å². The molecule has 11 heteroatoms. The number of esters is 1. The normalized spacial score (nSPS) is 18.5. The number of rotatable bonds is 11. The molecule has 0 fully saturated rings. The van der Waals surface area contributed by atoms with Crippen LogP contribution in [0.3, 0.4) is 0 Å². The smallest absolute Gasteiger partial charge is 0.407 e. The third-order valence-corrected chi connectivity index (χ3v) is 10.1. The molecule has 3 aliphatic rings. The zero-order valence-corrected chi connectivity index (χ0v) is 26.7. The molecule has 0 aromatic heterocycles. The van der Waals surface area contributed by atoms with Gasteiger partial charge < -0.3 is 25.8 Å². The van der Waals surface area contributed by atoms with Crippen molar-refractivity contribution in [2.45, 2.75) is 43.7 Å². The third-order valence-electron chi connectivity index (χ3n) is 8.80. The van der Waals surface area contributed by atoms with Crippen LogP contribution in [0.4, 0.5) is 4.79 Å². The monoisotopic (exact) mass is 653 g/mol. The Morgan fingerprint density at radius 3 is 2.09 bits per heavy atom. The van der Waals surface area contributed by atoms with Crippen molar-refractivity contribution in [3.8, 4) is 11.1 Å². The predicted octanol–water partition coefficient (Wildman–Crippen LogP) is 4.52. The van der Waals surface area contributed by atoms with Crippen molar-refractivity contribution in [1.29, 1.82) is 0 Å². The van der Waals surface area contributed by atoms with E-state index in [4.69, 9.17) is 15.2 Å². The van der Waals surface area contributed by atoms with Gasteiger partial charge in [0, 0.05) is 22.8 Å². The third kappa shape index (κ3) is 5.85. The SMILES string of the molecule is CCOC(=O)C1(NC(=O)[C@H](CCCCN)NC(=O)OCC2c3ccccc3-c3ccccc32)CSC2=C1C(=O)c1ccccc1C2=O. The van der Waals surface area contributed by atoms with Crippen molar-refractivity contribution < 1.29 is 33.4 Å². The van der Waals surface area contributed by atoms with Gasteiger partial charge in [0.1, 0.15) is 12.6 Å². The van der Waals surface area contributed by atoms with Gasteiger partial charge >= 0.3 is 12.1 Å². The minimum atomic E-state index is -1.93. The van der Waals surface area contributed by atoms with Gasteiger partial charge in [-0.1, -0.05) is 72.8 Å². The fraction of sp³-hybridized carbons (Fsp3) is 0.306. The van der Waals surface area contributed by atoms with E-state index in [1.165, 1.54) is 6.07 Å². The second-order valence-corrected chi connectivity index (χ2v) is 12.6. The molecule has 47 heavy (non-hydrogen) atoms. The lowest BCUT2D eigenvalue weighted by Crippen LogP contribution is -2.62. The van der Waals surface area contributed by atoms with Crippen LogP contribution < -0.4 is 16.4 Å². The first-order chi connectivity index (χ1) is 22.8. The lowest BCUT2D eigenvalue weighted by atomic mass is 9.79. The molecule has 1 aliphatic heterocycles. The Morgan fingerprint density at radius 2 is 1.47 bits per heavy atom. The average molecular weight is 654 g/mol. The minimum Gasteiger partial charge on any atom is -0.464 e. The maximum atomic E-state index is 14.0. The summed E-state index contributed by atoms with van der Waals surface area (Å²) in [4.78, 5) is 68.2. The van der Waals surface area contributed by atoms with E-state index >= 15 is 0 Å². The fourth-order valence-electron chi connectivity index (χ4n) is 6.54. The number of Topliss-reactive ketones (excluding diaryl/α,β-unsaturated/α-hetero) is 2. The number of nitrogens with one attached hydrogen (secondary N) is 2. The molecule has 0 saturated carbocycles. The molecule has 242 valence electrons. The molecule has 10 nitrogen and oxygen atoms in total. The van der Waals surface area contributed by atoms with Crippen LogP contribution in [0.2, 0.25) is 0 Å². The summed E-state index contributed by atoms with van der Waals surface area (Å²) in [5.41, 5.74) is 8.32. The van der Waals surface area contributed by atoms with E-state index in [2.05, 4.69) is 10.6 Å². The zero-order chi connectivity index (χ0) is 33.1. The van der Waals surface area contributed by atoms with Crippen LogP contribution in [0.1, 0.15) is 63.9 Å². The fourth-order valence-corrected chi connectivity index (χ4v) is 7.88. The highest BCUT2D eigenvalue weighted by Crippen LogP contribution is 2.47. The van der Waals surface area contributed by atoms with Crippen LogP contribution in [0.25, 0.3) is 11.1 Å². The number of alkyl carbamates (subject to hydrolysis) is 1. The number of allylic oxidation sites excluding steroid dienone is 1. The summed E-state index contributed by atoms with van der Waals surface area (Å²) in [6.07, 6.45) is 0.483. The number of carbonyl (C=O) groups is 5. The van der Waals surface area contributed by atoms with Crippen molar-refractivity contribution in [3.05, 3.63) is 106 Å².